The van der Waals surface area contributed by atoms with E-state index < -0.39 is 0 Å². The molecule has 0 N–H and O–H groups in total. The highest BCUT2D eigenvalue weighted by Gasteiger charge is 2.38. The van der Waals surface area contributed by atoms with Crippen LogP contribution in [0.1, 0.15) is 31.7 Å². The van der Waals surface area contributed by atoms with Gasteiger partial charge in [-0.05, 0) is 43.9 Å². The minimum Gasteiger partial charge on any atom is -0.494 e. The van der Waals surface area contributed by atoms with Gasteiger partial charge in [0.25, 0.3) is 0 Å². The molecule has 15 heavy (non-hydrogen) atoms. The van der Waals surface area contributed by atoms with Gasteiger partial charge in [0.05, 0.1) is 18.1 Å². The van der Waals surface area contributed by atoms with E-state index >= 15 is 0 Å². The fraction of sp³-hybridized carbons (Fsp3) is 0.462. The third-order valence-electron chi connectivity index (χ3n) is 3.14. The summed E-state index contributed by atoms with van der Waals surface area (Å²) in [6.07, 6.45) is 3.16. The van der Waals surface area contributed by atoms with Crippen LogP contribution in [0.15, 0.2) is 24.3 Å². The van der Waals surface area contributed by atoms with Gasteiger partial charge >= 0.3 is 0 Å². The topological polar surface area (TPSA) is 33.0 Å². The fourth-order valence-electron chi connectivity index (χ4n) is 2.03. The van der Waals surface area contributed by atoms with Crippen molar-refractivity contribution in [3.05, 3.63) is 29.8 Å². The van der Waals surface area contributed by atoms with Crippen LogP contribution in [0.2, 0.25) is 0 Å². The van der Waals surface area contributed by atoms with Crippen LogP contribution in [0, 0.1) is 11.3 Å². The molecule has 1 aromatic carbocycles. The van der Waals surface area contributed by atoms with Gasteiger partial charge in [0.15, 0.2) is 0 Å². The molecule has 0 amide bonds. The molecular weight excluding hydrogens is 186 g/mol. The fourth-order valence-corrected chi connectivity index (χ4v) is 2.03. The number of rotatable bonds is 3. The molecule has 0 aliphatic heterocycles. The molecule has 2 heteroatoms. The van der Waals surface area contributed by atoms with Crippen LogP contribution in [-0.4, -0.2) is 6.61 Å². The Kier molecular flexibility index (Phi) is 2.64. The number of benzene rings is 1. The highest BCUT2D eigenvalue weighted by molar-refractivity contribution is 5.38. The van der Waals surface area contributed by atoms with Gasteiger partial charge in [-0.2, -0.15) is 5.26 Å². The molecule has 0 saturated heterocycles. The van der Waals surface area contributed by atoms with Crippen molar-refractivity contribution < 1.29 is 4.74 Å². The largest absolute Gasteiger partial charge is 0.494 e. The number of ether oxygens (including phenoxy) is 1. The molecule has 1 aliphatic carbocycles. The minimum absolute atomic E-state index is 0.204. The molecular formula is C13H15NO. The average Bonchev–Trinajstić information content (AvgIpc) is 2.20. The van der Waals surface area contributed by atoms with Crippen LogP contribution in [0.4, 0.5) is 0 Å². The van der Waals surface area contributed by atoms with Crippen molar-refractivity contribution in [2.45, 2.75) is 31.6 Å². The summed E-state index contributed by atoms with van der Waals surface area (Å²) in [6.45, 7) is 2.65. The highest BCUT2D eigenvalue weighted by atomic mass is 16.5. The van der Waals surface area contributed by atoms with Crippen molar-refractivity contribution in [1.29, 1.82) is 5.26 Å². The van der Waals surface area contributed by atoms with Gasteiger partial charge in [0.2, 0.25) is 0 Å². The normalized spacial score (nSPS) is 17.6. The lowest BCUT2D eigenvalue weighted by Crippen LogP contribution is -2.32. The van der Waals surface area contributed by atoms with Crippen LogP contribution < -0.4 is 4.74 Å². The molecule has 1 aliphatic rings. The summed E-state index contributed by atoms with van der Waals surface area (Å²) in [6, 6.07) is 10.4. The Bertz CT molecular complexity index is 371. The highest BCUT2D eigenvalue weighted by Crippen LogP contribution is 2.43. The Labute approximate surface area is 90.5 Å². The first-order chi connectivity index (χ1) is 7.30. The van der Waals surface area contributed by atoms with Gasteiger partial charge in [0, 0.05) is 0 Å². The third kappa shape index (κ3) is 1.70. The van der Waals surface area contributed by atoms with E-state index in [9.17, 15) is 5.26 Å². The smallest absolute Gasteiger partial charge is 0.119 e. The van der Waals surface area contributed by atoms with E-state index in [1.807, 2.05) is 31.2 Å². The first-order valence-corrected chi connectivity index (χ1v) is 5.45. The first-order valence-electron chi connectivity index (χ1n) is 5.45. The predicted octanol–water partition coefficient (Wildman–Crippen LogP) is 3.03. The second-order valence-corrected chi connectivity index (χ2v) is 4.00. The summed E-state index contributed by atoms with van der Waals surface area (Å²) in [7, 11) is 0. The zero-order valence-electron chi connectivity index (χ0n) is 8.99. The monoisotopic (exact) mass is 201 g/mol. The number of nitriles is 1. The molecule has 0 aromatic heterocycles. The Morgan fingerprint density at radius 2 is 2.00 bits per heavy atom. The van der Waals surface area contributed by atoms with Gasteiger partial charge in [-0.15, -0.1) is 0 Å². The summed E-state index contributed by atoms with van der Waals surface area (Å²) >= 11 is 0. The van der Waals surface area contributed by atoms with Crippen molar-refractivity contribution in [3.8, 4) is 11.8 Å². The molecule has 0 radical (unpaired) electrons. The molecule has 1 fully saturated rings. The Morgan fingerprint density at radius 3 is 2.40 bits per heavy atom. The minimum atomic E-state index is -0.204. The van der Waals surface area contributed by atoms with Crippen molar-refractivity contribution in [2.24, 2.45) is 0 Å². The van der Waals surface area contributed by atoms with Crippen LogP contribution in [0.25, 0.3) is 0 Å². The lowest BCUT2D eigenvalue weighted by atomic mass is 9.65. The molecule has 0 bridgehead atoms. The molecule has 1 saturated carbocycles. The molecule has 2 nitrogen and oxygen atoms in total. The number of nitrogens with zero attached hydrogens (tertiary/aromatic N) is 1. The second-order valence-electron chi connectivity index (χ2n) is 4.00. The summed E-state index contributed by atoms with van der Waals surface area (Å²) in [5.41, 5.74) is 0.935. The molecule has 0 atom stereocenters. The number of hydrogen-bond donors (Lipinski definition) is 0. The third-order valence-corrected chi connectivity index (χ3v) is 3.14. The van der Waals surface area contributed by atoms with E-state index in [4.69, 9.17) is 4.74 Å². The standard InChI is InChI=1S/C13H15NO/c1-2-15-12-6-4-11(5-7-12)13(10-14)8-3-9-13/h4-7H,2-3,8-9H2,1H3. The quantitative estimate of drug-likeness (QED) is 0.753. The average molecular weight is 201 g/mol. The molecule has 2 rings (SSSR count). The van der Waals surface area contributed by atoms with E-state index in [2.05, 4.69) is 6.07 Å². The summed E-state index contributed by atoms with van der Waals surface area (Å²) in [4.78, 5) is 0. The Hall–Kier alpha value is -1.49. The van der Waals surface area contributed by atoms with Gasteiger partial charge in [-0.1, -0.05) is 12.1 Å². The van der Waals surface area contributed by atoms with Crippen molar-refractivity contribution in [2.75, 3.05) is 6.61 Å². The molecule has 0 unspecified atom stereocenters. The molecule has 0 heterocycles. The SMILES string of the molecule is CCOc1ccc(C2(C#N)CCC2)cc1. The van der Waals surface area contributed by atoms with E-state index in [0.29, 0.717) is 6.61 Å². The second kappa shape index (κ2) is 3.94. The van der Waals surface area contributed by atoms with Crippen LogP contribution in [0.5, 0.6) is 5.75 Å². The summed E-state index contributed by atoms with van der Waals surface area (Å²) < 4.78 is 5.38. The maximum atomic E-state index is 9.18. The van der Waals surface area contributed by atoms with E-state index in [1.54, 1.807) is 0 Å². The maximum Gasteiger partial charge on any atom is 0.119 e. The lowest BCUT2D eigenvalue weighted by molar-refractivity contribution is 0.321. The molecule has 0 spiro atoms. The van der Waals surface area contributed by atoms with E-state index in [1.165, 1.54) is 6.42 Å². The molecule has 1 aromatic rings. The van der Waals surface area contributed by atoms with Gasteiger partial charge in [-0.3, -0.25) is 0 Å². The van der Waals surface area contributed by atoms with Crippen molar-refractivity contribution >= 4 is 0 Å². The Morgan fingerprint density at radius 1 is 1.33 bits per heavy atom. The lowest BCUT2D eigenvalue weighted by Gasteiger charge is -2.35. The van der Waals surface area contributed by atoms with Crippen molar-refractivity contribution in [3.63, 3.8) is 0 Å². The zero-order valence-corrected chi connectivity index (χ0v) is 8.99. The van der Waals surface area contributed by atoms with Crippen LogP contribution >= 0.6 is 0 Å². The maximum absolute atomic E-state index is 9.18. The van der Waals surface area contributed by atoms with Crippen LogP contribution in [0.3, 0.4) is 0 Å². The number of hydrogen-bond acceptors (Lipinski definition) is 2. The zero-order chi connectivity index (χ0) is 10.7. The Balaban J connectivity index is 2.20. The molecule has 78 valence electrons. The van der Waals surface area contributed by atoms with E-state index in [0.717, 1.165) is 24.2 Å². The first kappa shape index (κ1) is 10.0. The van der Waals surface area contributed by atoms with Crippen LogP contribution in [-0.2, 0) is 5.41 Å². The van der Waals surface area contributed by atoms with Gasteiger partial charge < -0.3 is 4.74 Å². The summed E-state index contributed by atoms with van der Waals surface area (Å²) in [5.74, 6) is 0.883. The van der Waals surface area contributed by atoms with E-state index in [-0.39, 0.29) is 5.41 Å². The van der Waals surface area contributed by atoms with Gasteiger partial charge in [-0.25, -0.2) is 0 Å². The predicted molar refractivity (Wildman–Crippen MR) is 58.8 cm³/mol. The summed E-state index contributed by atoms with van der Waals surface area (Å²) in [5, 5.41) is 9.18. The van der Waals surface area contributed by atoms with Crippen molar-refractivity contribution in [1.82, 2.24) is 0 Å². The van der Waals surface area contributed by atoms with Gasteiger partial charge in [0.1, 0.15) is 5.75 Å².